The van der Waals surface area contributed by atoms with Crippen LogP contribution in [0, 0.1) is 0 Å². The number of aliphatic hydroxyl groups is 2. The second-order valence-electron chi connectivity index (χ2n) is 2.54. The minimum atomic E-state index is -4.13. The Hall–Kier alpha value is -0.170. The molecule has 0 aliphatic carbocycles. The minimum absolute atomic E-state index is 0.0103. The molecule has 0 amide bonds. The minimum Gasteiger partial charge on any atom is -0.396 e. The van der Waals surface area contributed by atoms with Gasteiger partial charge in [0.05, 0.1) is 6.61 Å². The summed E-state index contributed by atoms with van der Waals surface area (Å²) in [5.74, 6) is 0. The van der Waals surface area contributed by atoms with Crippen molar-refractivity contribution in [1.29, 1.82) is 0 Å². The van der Waals surface area contributed by atoms with Gasteiger partial charge >= 0.3 is 0 Å². The molecule has 0 bridgehead atoms. The summed E-state index contributed by atoms with van der Waals surface area (Å²) in [6, 6.07) is 0. The van der Waals surface area contributed by atoms with E-state index >= 15 is 0 Å². The molecular weight excluding hydrogens is 184 g/mol. The summed E-state index contributed by atoms with van der Waals surface area (Å²) in [7, 11) is -4.13. The Morgan fingerprint density at radius 1 is 1.17 bits per heavy atom. The molecule has 0 rings (SSSR count). The molecule has 5 nitrogen and oxygen atoms in total. The molecule has 1 unspecified atom stereocenters. The fourth-order valence-electron chi connectivity index (χ4n) is 0.818. The molecule has 0 saturated heterocycles. The monoisotopic (exact) mass is 198 g/mol. The van der Waals surface area contributed by atoms with Crippen LogP contribution in [0.1, 0.15) is 19.3 Å². The zero-order chi connectivity index (χ0) is 9.61. The molecule has 3 N–H and O–H groups in total. The van der Waals surface area contributed by atoms with Crippen molar-refractivity contribution in [3.8, 4) is 0 Å². The smallest absolute Gasteiger partial charge is 0.270 e. The van der Waals surface area contributed by atoms with Crippen LogP contribution in [0.3, 0.4) is 0 Å². The van der Waals surface area contributed by atoms with Crippen LogP contribution in [0.2, 0.25) is 0 Å². The summed E-state index contributed by atoms with van der Waals surface area (Å²) in [6.45, 7) is -0.589. The molecule has 0 radical (unpaired) electrons. The van der Waals surface area contributed by atoms with Gasteiger partial charge in [-0.25, -0.2) is 0 Å². The van der Waals surface area contributed by atoms with Gasteiger partial charge in [0.1, 0.15) is 5.25 Å². The van der Waals surface area contributed by atoms with Crippen LogP contribution < -0.4 is 0 Å². The van der Waals surface area contributed by atoms with Crippen LogP contribution >= 0.6 is 0 Å². The van der Waals surface area contributed by atoms with Crippen molar-refractivity contribution in [3.05, 3.63) is 0 Å². The number of rotatable bonds is 6. The predicted octanol–water partition coefficient (Wildman–Crippen LogP) is -0.602. The highest BCUT2D eigenvalue weighted by Gasteiger charge is 2.20. The Morgan fingerprint density at radius 3 is 2.08 bits per heavy atom. The van der Waals surface area contributed by atoms with E-state index in [1.807, 2.05) is 0 Å². The Morgan fingerprint density at radius 2 is 1.75 bits per heavy atom. The lowest BCUT2D eigenvalue weighted by Crippen LogP contribution is -2.24. The van der Waals surface area contributed by atoms with E-state index in [1.54, 1.807) is 0 Å². The largest absolute Gasteiger partial charge is 0.396 e. The van der Waals surface area contributed by atoms with E-state index in [-0.39, 0.29) is 13.0 Å². The van der Waals surface area contributed by atoms with Crippen LogP contribution in [-0.2, 0) is 10.1 Å². The number of hydrogen-bond acceptors (Lipinski definition) is 4. The van der Waals surface area contributed by atoms with Crippen LogP contribution in [0.15, 0.2) is 0 Å². The van der Waals surface area contributed by atoms with E-state index in [1.165, 1.54) is 0 Å². The van der Waals surface area contributed by atoms with Gasteiger partial charge < -0.3 is 10.2 Å². The average molecular weight is 198 g/mol. The lowest BCUT2D eigenvalue weighted by atomic mass is 10.2. The van der Waals surface area contributed by atoms with E-state index in [2.05, 4.69) is 0 Å². The lowest BCUT2D eigenvalue weighted by Gasteiger charge is -2.09. The fourth-order valence-corrected chi connectivity index (χ4v) is 1.47. The Labute approximate surface area is 71.8 Å². The predicted molar refractivity (Wildman–Crippen MR) is 43.4 cm³/mol. The molecule has 0 aromatic carbocycles. The summed E-state index contributed by atoms with van der Waals surface area (Å²) in [6.07, 6.45) is 1.13. The molecule has 0 aromatic rings. The third kappa shape index (κ3) is 4.66. The van der Waals surface area contributed by atoms with Crippen molar-refractivity contribution in [1.82, 2.24) is 0 Å². The van der Waals surface area contributed by atoms with Gasteiger partial charge in [-0.3, -0.25) is 4.55 Å². The first-order valence-electron chi connectivity index (χ1n) is 3.70. The third-order valence-corrected chi connectivity index (χ3v) is 2.79. The summed E-state index contributed by atoms with van der Waals surface area (Å²) >= 11 is 0. The van der Waals surface area contributed by atoms with E-state index in [9.17, 15) is 8.42 Å². The van der Waals surface area contributed by atoms with Gasteiger partial charge in [-0.05, 0) is 19.3 Å². The molecule has 6 heteroatoms. The van der Waals surface area contributed by atoms with Crippen molar-refractivity contribution in [2.75, 3.05) is 13.2 Å². The maximum atomic E-state index is 10.5. The van der Waals surface area contributed by atoms with Crippen LogP contribution in [0.5, 0.6) is 0 Å². The summed E-state index contributed by atoms with van der Waals surface area (Å²) in [4.78, 5) is 0. The highest BCUT2D eigenvalue weighted by Crippen LogP contribution is 2.07. The first kappa shape index (κ1) is 11.8. The van der Waals surface area contributed by atoms with Crippen molar-refractivity contribution in [2.24, 2.45) is 0 Å². The van der Waals surface area contributed by atoms with E-state index in [0.717, 1.165) is 0 Å². The molecule has 0 heterocycles. The van der Waals surface area contributed by atoms with Gasteiger partial charge in [0.2, 0.25) is 0 Å². The van der Waals surface area contributed by atoms with Crippen molar-refractivity contribution in [3.63, 3.8) is 0 Å². The fraction of sp³-hybridized carbons (Fsp3) is 1.00. The van der Waals surface area contributed by atoms with Crippen LogP contribution in [0.4, 0.5) is 0 Å². The molecule has 0 aliphatic rings. The number of aliphatic hydroxyl groups excluding tert-OH is 2. The molecule has 0 saturated carbocycles. The average Bonchev–Trinajstić information content (AvgIpc) is 1.95. The Kier molecular flexibility index (Phi) is 5.39. The standard InChI is InChI=1S/C6H14O5S/c7-4-2-1-3-6(5-8)12(9,10)11/h6-8H,1-5H2,(H,9,10,11). The number of unbranched alkanes of at least 4 members (excludes halogenated alkanes) is 1. The summed E-state index contributed by atoms with van der Waals surface area (Å²) < 4.78 is 29.5. The molecular formula is C6H14O5S. The van der Waals surface area contributed by atoms with E-state index < -0.39 is 22.0 Å². The molecule has 0 fully saturated rings. The normalized spacial score (nSPS) is 14.6. The molecule has 0 aliphatic heterocycles. The van der Waals surface area contributed by atoms with Gasteiger partial charge in [-0.2, -0.15) is 8.42 Å². The molecule has 1 atom stereocenters. The second-order valence-corrected chi connectivity index (χ2v) is 4.24. The van der Waals surface area contributed by atoms with Crippen LogP contribution in [-0.4, -0.2) is 41.6 Å². The summed E-state index contributed by atoms with van der Waals surface area (Å²) in [5.41, 5.74) is 0. The van der Waals surface area contributed by atoms with Gasteiger partial charge in [0, 0.05) is 6.61 Å². The topological polar surface area (TPSA) is 94.8 Å². The molecule has 12 heavy (non-hydrogen) atoms. The van der Waals surface area contributed by atoms with Crippen molar-refractivity contribution in [2.45, 2.75) is 24.5 Å². The second kappa shape index (κ2) is 5.47. The first-order chi connectivity index (χ1) is 5.52. The van der Waals surface area contributed by atoms with E-state index in [0.29, 0.717) is 12.8 Å². The SMILES string of the molecule is O=S(=O)(O)C(CO)CCCCO. The van der Waals surface area contributed by atoms with Gasteiger partial charge in [-0.1, -0.05) is 0 Å². The quantitative estimate of drug-likeness (QED) is 0.391. The van der Waals surface area contributed by atoms with E-state index in [4.69, 9.17) is 14.8 Å². The van der Waals surface area contributed by atoms with Crippen LogP contribution in [0.25, 0.3) is 0 Å². The first-order valence-corrected chi connectivity index (χ1v) is 5.20. The highest BCUT2D eigenvalue weighted by molar-refractivity contribution is 7.86. The van der Waals surface area contributed by atoms with Gasteiger partial charge in [0.25, 0.3) is 10.1 Å². The maximum Gasteiger partial charge on any atom is 0.270 e. The Balaban J connectivity index is 3.85. The Bertz CT molecular complexity index is 198. The van der Waals surface area contributed by atoms with Gasteiger partial charge in [0.15, 0.2) is 0 Å². The highest BCUT2D eigenvalue weighted by atomic mass is 32.2. The summed E-state index contributed by atoms with van der Waals surface area (Å²) in [5, 5.41) is 15.8. The van der Waals surface area contributed by atoms with Crippen molar-refractivity contribution < 1.29 is 23.2 Å². The molecule has 0 spiro atoms. The maximum absolute atomic E-state index is 10.5. The van der Waals surface area contributed by atoms with Crippen molar-refractivity contribution >= 4 is 10.1 Å². The molecule has 74 valence electrons. The lowest BCUT2D eigenvalue weighted by molar-refractivity contribution is 0.262. The molecule has 0 aromatic heterocycles. The zero-order valence-electron chi connectivity index (χ0n) is 6.68. The zero-order valence-corrected chi connectivity index (χ0v) is 7.50. The van der Waals surface area contributed by atoms with Gasteiger partial charge in [-0.15, -0.1) is 0 Å². The third-order valence-electron chi connectivity index (χ3n) is 1.56. The number of hydrogen-bond donors (Lipinski definition) is 3.